The number of aromatic nitrogens is 1. The van der Waals surface area contributed by atoms with Crippen molar-refractivity contribution in [3.05, 3.63) is 21.9 Å². The summed E-state index contributed by atoms with van der Waals surface area (Å²) in [7, 11) is -3.54. The molecule has 0 saturated carbocycles. The van der Waals surface area contributed by atoms with Crippen molar-refractivity contribution in [3.63, 3.8) is 0 Å². The van der Waals surface area contributed by atoms with Gasteiger partial charge in [0.2, 0.25) is 10.0 Å². The molecule has 1 aromatic rings. The first-order valence-electron chi connectivity index (χ1n) is 4.40. The summed E-state index contributed by atoms with van der Waals surface area (Å²) in [6.45, 7) is 0.808. The van der Waals surface area contributed by atoms with E-state index in [9.17, 15) is 8.42 Å². The number of sulfonamides is 1. The first kappa shape index (κ1) is 12.3. The second-order valence-electron chi connectivity index (χ2n) is 3.30. The van der Waals surface area contributed by atoms with Crippen LogP contribution in [0.15, 0.2) is 21.6 Å². The average Bonchev–Trinajstić information content (AvgIpc) is 2.16. The zero-order chi connectivity index (χ0) is 11.8. The van der Waals surface area contributed by atoms with Gasteiger partial charge in [-0.2, -0.15) is 0 Å². The monoisotopic (exact) mass is 326 g/mol. The third-order valence-corrected chi connectivity index (χ3v) is 4.66. The Kier molecular flexibility index (Phi) is 3.50. The van der Waals surface area contributed by atoms with E-state index in [1.807, 2.05) is 0 Å². The Hall–Kier alpha value is -0.210. The second kappa shape index (κ2) is 4.58. The van der Waals surface area contributed by atoms with Crippen LogP contribution < -0.4 is 4.72 Å². The Morgan fingerprint density at radius 1 is 1.56 bits per heavy atom. The molecule has 0 amide bonds. The molecular formula is C8H8BrClN2O3S. The smallest absolute Gasteiger partial charge is 0.242 e. The zero-order valence-electron chi connectivity index (χ0n) is 7.98. The lowest BCUT2D eigenvalue weighted by molar-refractivity contribution is 0.00482. The van der Waals surface area contributed by atoms with E-state index in [1.165, 1.54) is 12.3 Å². The maximum atomic E-state index is 11.8. The fourth-order valence-corrected chi connectivity index (χ4v) is 2.92. The SMILES string of the molecule is O=S(=O)(NC1COC1)c1cnc(Cl)c(Br)c1. The van der Waals surface area contributed by atoms with E-state index in [4.69, 9.17) is 16.3 Å². The fourth-order valence-electron chi connectivity index (χ4n) is 1.14. The number of hydrogen-bond acceptors (Lipinski definition) is 4. The Bertz CT molecular complexity index is 504. The van der Waals surface area contributed by atoms with Gasteiger partial charge < -0.3 is 4.74 Å². The number of rotatable bonds is 3. The van der Waals surface area contributed by atoms with Gasteiger partial charge in [-0.3, -0.25) is 0 Å². The minimum absolute atomic E-state index is 0.0793. The molecule has 0 radical (unpaired) electrons. The molecule has 1 saturated heterocycles. The van der Waals surface area contributed by atoms with Gasteiger partial charge in [-0.25, -0.2) is 18.1 Å². The van der Waals surface area contributed by atoms with Crippen LogP contribution >= 0.6 is 27.5 Å². The largest absolute Gasteiger partial charge is 0.378 e. The highest BCUT2D eigenvalue weighted by molar-refractivity contribution is 9.10. The molecule has 0 unspecified atom stereocenters. The van der Waals surface area contributed by atoms with Crippen molar-refractivity contribution >= 4 is 37.6 Å². The van der Waals surface area contributed by atoms with E-state index in [0.717, 1.165) is 0 Å². The highest BCUT2D eigenvalue weighted by Crippen LogP contribution is 2.23. The molecule has 1 aliphatic heterocycles. The van der Waals surface area contributed by atoms with Gasteiger partial charge in [-0.05, 0) is 22.0 Å². The molecule has 88 valence electrons. The topological polar surface area (TPSA) is 68.3 Å². The molecule has 0 aliphatic carbocycles. The van der Waals surface area contributed by atoms with E-state index in [2.05, 4.69) is 25.6 Å². The maximum absolute atomic E-state index is 11.8. The van der Waals surface area contributed by atoms with Crippen LogP contribution in [0.2, 0.25) is 5.15 Å². The van der Waals surface area contributed by atoms with Crippen molar-refractivity contribution in [3.8, 4) is 0 Å². The van der Waals surface area contributed by atoms with Gasteiger partial charge in [-0.1, -0.05) is 11.6 Å². The molecule has 2 rings (SSSR count). The average molecular weight is 328 g/mol. The van der Waals surface area contributed by atoms with Crippen molar-refractivity contribution in [1.29, 1.82) is 0 Å². The molecule has 2 heterocycles. The van der Waals surface area contributed by atoms with Crippen LogP contribution in [0.5, 0.6) is 0 Å². The Morgan fingerprint density at radius 3 is 2.75 bits per heavy atom. The van der Waals surface area contributed by atoms with Crippen molar-refractivity contribution in [2.24, 2.45) is 0 Å². The van der Waals surface area contributed by atoms with Gasteiger partial charge in [0.1, 0.15) is 10.0 Å². The highest BCUT2D eigenvalue weighted by Gasteiger charge is 2.26. The fraction of sp³-hybridized carbons (Fsp3) is 0.375. The molecule has 0 bridgehead atoms. The molecule has 5 nitrogen and oxygen atoms in total. The highest BCUT2D eigenvalue weighted by atomic mass is 79.9. The van der Waals surface area contributed by atoms with E-state index in [1.54, 1.807) is 0 Å². The molecular weight excluding hydrogens is 320 g/mol. The van der Waals surface area contributed by atoms with Crippen LogP contribution in [-0.4, -0.2) is 32.7 Å². The van der Waals surface area contributed by atoms with Gasteiger partial charge in [0, 0.05) is 6.20 Å². The summed E-state index contributed by atoms with van der Waals surface area (Å²) < 4.78 is 31.5. The predicted molar refractivity (Wildman–Crippen MR) is 61.9 cm³/mol. The number of nitrogens with zero attached hydrogens (tertiary/aromatic N) is 1. The van der Waals surface area contributed by atoms with Crippen LogP contribution in [0.3, 0.4) is 0 Å². The van der Waals surface area contributed by atoms with E-state index in [0.29, 0.717) is 17.7 Å². The summed E-state index contributed by atoms with van der Waals surface area (Å²) in [6.07, 6.45) is 1.22. The summed E-state index contributed by atoms with van der Waals surface area (Å²) in [6, 6.07) is 1.26. The van der Waals surface area contributed by atoms with Gasteiger partial charge in [0.05, 0.1) is 23.7 Å². The number of ether oxygens (including phenoxy) is 1. The van der Waals surface area contributed by atoms with E-state index in [-0.39, 0.29) is 16.1 Å². The summed E-state index contributed by atoms with van der Waals surface area (Å²) in [5.74, 6) is 0. The molecule has 0 spiro atoms. The van der Waals surface area contributed by atoms with E-state index >= 15 is 0 Å². The van der Waals surface area contributed by atoms with Gasteiger partial charge in [0.15, 0.2) is 0 Å². The van der Waals surface area contributed by atoms with Crippen LogP contribution in [-0.2, 0) is 14.8 Å². The minimum Gasteiger partial charge on any atom is -0.378 e. The van der Waals surface area contributed by atoms with E-state index < -0.39 is 10.0 Å². The molecule has 0 aromatic carbocycles. The third kappa shape index (κ3) is 2.54. The van der Waals surface area contributed by atoms with Crippen LogP contribution in [0, 0.1) is 0 Å². The number of halogens is 2. The first-order chi connectivity index (χ1) is 7.49. The normalized spacial score (nSPS) is 17.1. The van der Waals surface area contributed by atoms with Crippen LogP contribution in [0.25, 0.3) is 0 Å². The first-order valence-corrected chi connectivity index (χ1v) is 7.05. The lowest BCUT2D eigenvalue weighted by Gasteiger charge is -2.26. The Balaban J connectivity index is 2.24. The van der Waals surface area contributed by atoms with Crippen LogP contribution in [0.4, 0.5) is 0 Å². The summed E-state index contributed by atoms with van der Waals surface area (Å²) >= 11 is 8.81. The number of nitrogens with one attached hydrogen (secondary N) is 1. The minimum atomic E-state index is -3.54. The Labute approximate surface area is 106 Å². The van der Waals surface area contributed by atoms with Gasteiger partial charge >= 0.3 is 0 Å². The molecule has 1 aliphatic rings. The summed E-state index contributed by atoms with van der Waals surface area (Å²) in [4.78, 5) is 3.84. The summed E-state index contributed by atoms with van der Waals surface area (Å²) in [5, 5.41) is 0.228. The van der Waals surface area contributed by atoms with Gasteiger partial charge in [-0.15, -0.1) is 0 Å². The quantitative estimate of drug-likeness (QED) is 0.846. The van der Waals surface area contributed by atoms with Crippen molar-refractivity contribution < 1.29 is 13.2 Å². The zero-order valence-corrected chi connectivity index (χ0v) is 11.1. The maximum Gasteiger partial charge on any atom is 0.242 e. The second-order valence-corrected chi connectivity index (χ2v) is 6.23. The standard InChI is InChI=1S/C8H8BrClN2O3S/c9-7-1-6(2-11-8(7)10)16(13,14)12-5-3-15-4-5/h1-2,5,12H,3-4H2. The van der Waals surface area contributed by atoms with Crippen molar-refractivity contribution in [2.45, 2.75) is 10.9 Å². The number of pyridine rings is 1. The lowest BCUT2D eigenvalue weighted by atomic mass is 10.3. The van der Waals surface area contributed by atoms with Crippen LogP contribution in [0.1, 0.15) is 0 Å². The van der Waals surface area contributed by atoms with Gasteiger partial charge in [0.25, 0.3) is 0 Å². The molecule has 8 heteroatoms. The molecule has 16 heavy (non-hydrogen) atoms. The van der Waals surface area contributed by atoms with Crippen molar-refractivity contribution in [2.75, 3.05) is 13.2 Å². The summed E-state index contributed by atoms with van der Waals surface area (Å²) in [5.41, 5.74) is 0. The molecule has 1 fully saturated rings. The lowest BCUT2D eigenvalue weighted by Crippen LogP contribution is -2.48. The van der Waals surface area contributed by atoms with Crippen molar-refractivity contribution in [1.82, 2.24) is 9.71 Å². The molecule has 0 atom stereocenters. The molecule has 1 aromatic heterocycles. The Morgan fingerprint density at radius 2 is 2.25 bits per heavy atom. The number of hydrogen-bond donors (Lipinski definition) is 1. The molecule has 1 N–H and O–H groups in total. The predicted octanol–water partition coefficient (Wildman–Crippen LogP) is 1.17. The third-order valence-electron chi connectivity index (χ3n) is 2.04.